The summed E-state index contributed by atoms with van der Waals surface area (Å²) in [6.07, 6.45) is 3.46. The van der Waals surface area contributed by atoms with Crippen molar-refractivity contribution in [2.24, 2.45) is 7.05 Å². The molecule has 1 aromatic carbocycles. The summed E-state index contributed by atoms with van der Waals surface area (Å²) in [5.74, 6) is -0.869. The summed E-state index contributed by atoms with van der Waals surface area (Å²) in [5.41, 5.74) is 1.22. The Balaban J connectivity index is 2.04. The lowest BCUT2D eigenvalue weighted by Gasteiger charge is -2.17. The summed E-state index contributed by atoms with van der Waals surface area (Å²) < 4.78 is 15.0. The average molecular weight is 312 g/mol. The minimum atomic E-state index is -0.680. The lowest BCUT2D eigenvalue weighted by Crippen LogP contribution is -2.32. The molecule has 0 saturated carbocycles. The maximum absolute atomic E-state index is 13.4. The average Bonchev–Trinajstić information content (AvgIpc) is 2.84. The van der Waals surface area contributed by atoms with Crippen LogP contribution >= 0.6 is 11.6 Å². The highest BCUT2D eigenvalue weighted by Crippen LogP contribution is 2.20. The molecule has 7 heteroatoms. The minimum Gasteiger partial charge on any atom is -0.394 e. The molecule has 2 rings (SSSR count). The molecule has 0 aliphatic rings. The van der Waals surface area contributed by atoms with E-state index in [1.54, 1.807) is 30.2 Å². The molecule has 1 amide bonds. The molecule has 0 aliphatic carbocycles. The number of halogens is 2. The zero-order valence-corrected chi connectivity index (χ0v) is 12.1. The largest absolute Gasteiger partial charge is 0.394 e. The van der Waals surface area contributed by atoms with Crippen LogP contribution in [0.1, 0.15) is 17.2 Å². The van der Waals surface area contributed by atoms with Crippen LogP contribution in [-0.2, 0) is 18.3 Å². The summed E-state index contributed by atoms with van der Waals surface area (Å²) >= 11 is 5.61. The smallest absolute Gasteiger partial charge is 0.225 e. The lowest BCUT2D eigenvalue weighted by molar-refractivity contribution is -0.121. The molecule has 0 fully saturated rings. The molecular weight excluding hydrogens is 297 g/mol. The molecule has 21 heavy (non-hydrogen) atoms. The Hall–Kier alpha value is -1.92. The predicted octanol–water partition coefficient (Wildman–Crippen LogP) is 1.60. The number of rotatable bonds is 5. The van der Waals surface area contributed by atoms with Gasteiger partial charge in [-0.05, 0) is 23.3 Å². The van der Waals surface area contributed by atoms with Crippen LogP contribution in [0.2, 0.25) is 5.02 Å². The maximum atomic E-state index is 13.4. The monoisotopic (exact) mass is 311 g/mol. The van der Waals surface area contributed by atoms with Gasteiger partial charge in [-0.2, -0.15) is 5.10 Å². The highest BCUT2D eigenvalue weighted by Gasteiger charge is 2.16. The van der Waals surface area contributed by atoms with Gasteiger partial charge < -0.3 is 10.4 Å². The number of carbonyl (C=O) groups is 1. The van der Waals surface area contributed by atoms with E-state index in [4.69, 9.17) is 11.6 Å². The van der Waals surface area contributed by atoms with Gasteiger partial charge in [0.15, 0.2) is 0 Å². The highest BCUT2D eigenvalue weighted by molar-refractivity contribution is 6.30. The Morgan fingerprint density at radius 3 is 2.90 bits per heavy atom. The van der Waals surface area contributed by atoms with Gasteiger partial charge in [0.05, 0.1) is 30.3 Å². The zero-order valence-electron chi connectivity index (χ0n) is 11.4. The van der Waals surface area contributed by atoms with E-state index in [2.05, 4.69) is 10.4 Å². The lowest BCUT2D eigenvalue weighted by atomic mass is 10.1. The van der Waals surface area contributed by atoms with E-state index in [0.29, 0.717) is 5.56 Å². The third-order valence-corrected chi connectivity index (χ3v) is 3.29. The fourth-order valence-electron chi connectivity index (χ4n) is 1.96. The van der Waals surface area contributed by atoms with Gasteiger partial charge in [0.25, 0.3) is 0 Å². The number of nitrogens with zero attached hydrogens (tertiary/aromatic N) is 2. The first-order valence-electron chi connectivity index (χ1n) is 6.32. The van der Waals surface area contributed by atoms with Crippen LogP contribution < -0.4 is 5.32 Å². The maximum Gasteiger partial charge on any atom is 0.225 e. The molecule has 1 unspecified atom stereocenters. The van der Waals surface area contributed by atoms with Crippen LogP contribution in [0.5, 0.6) is 0 Å². The van der Waals surface area contributed by atoms with Crippen molar-refractivity contribution in [2.75, 3.05) is 6.61 Å². The summed E-state index contributed by atoms with van der Waals surface area (Å²) in [6, 6.07) is 3.48. The molecule has 0 spiro atoms. The predicted molar refractivity (Wildman–Crippen MR) is 76.3 cm³/mol. The Morgan fingerprint density at radius 2 is 2.33 bits per heavy atom. The number of nitrogens with one attached hydrogen (secondary N) is 1. The van der Waals surface area contributed by atoms with Crippen LogP contribution in [-0.4, -0.2) is 27.4 Å². The van der Waals surface area contributed by atoms with Crippen molar-refractivity contribution in [3.05, 3.63) is 52.6 Å². The second-order valence-electron chi connectivity index (χ2n) is 4.68. The number of hydrogen-bond donors (Lipinski definition) is 2. The SMILES string of the molecule is Cn1cc(CC(=O)NC(CO)c2ccc(Cl)c(F)c2)cn1. The van der Waals surface area contributed by atoms with Crippen LogP contribution in [0.25, 0.3) is 0 Å². The fourth-order valence-corrected chi connectivity index (χ4v) is 2.07. The van der Waals surface area contributed by atoms with E-state index in [-0.39, 0.29) is 24.0 Å². The third-order valence-electron chi connectivity index (χ3n) is 2.99. The first-order valence-corrected chi connectivity index (χ1v) is 6.70. The Labute approximate surface area is 126 Å². The van der Waals surface area contributed by atoms with Gasteiger partial charge in [0, 0.05) is 13.2 Å². The van der Waals surface area contributed by atoms with Crippen molar-refractivity contribution in [2.45, 2.75) is 12.5 Å². The molecule has 1 atom stereocenters. The number of carbonyl (C=O) groups excluding carboxylic acids is 1. The molecule has 0 aliphatic heterocycles. The first-order chi connectivity index (χ1) is 9.99. The van der Waals surface area contributed by atoms with Crippen LogP contribution in [0.4, 0.5) is 4.39 Å². The van der Waals surface area contributed by atoms with Crippen LogP contribution in [0.3, 0.4) is 0 Å². The van der Waals surface area contributed by atoms with Gasteiger partial charge in [-0.1, -0.05) is 17.7 Å². The van der Waals surface area contributed by atoms with Gasteiger partial charge >= 0.3 is 0 Å². The van der Waals surface area contributed by atoms with E-state index in [9.17, 15) is 14.3 Å². The molecule has 112 valence electrons. The second-order valence-corrected chi connectivity index (χ2v) is 5.08. The van der Waals surface area contributed by atoms with Crippen LogP contribution in [0, 0.1) is 5.82 Å². The molecule has 5 nitrogen and oxygen atoms in total. The van der Waals surface area contributed by atoms with Gasteiger partial charge in [0.2, 0.25) is 5.91 Å². The van der Waals surface area contributed by atoms with Crippen molar-refractivity contribution in [1.82, 2.24) is 15.1 Å². The number of aromatic nitrogens is 2. The fraction of sp³-hybridized carbons (Fsp3) is 0.286. The van der Waals surface area contributed by atoms with Gasteiger partial charge in [-0.15, -0.1) is 0 Å². The quantitative estimate of drug-likeness (QED) is 0.881. The molecule has 2 N–H and O–H groups in total. The molecule has 1 heterocycles. The van der Waals surface area contributed by atoms with E-state index in [0.717, 1.165) is 5.56 Å². The number of amides is 1. The Bertz CT molecular complexity index is 645. The topological polar surface area (TPSA) is 67.2 Å². The number of hydrogen-bond acceptors (Lipinski definition) is 3. The second kappa shape index (κ2) is 6.69. The van der Waals surface area contributed by atoms with Gasteiger partial charge in [0.1, 0.15) is 5.82 Å². The van der Waals surface area contributed by atoms with Gasteiger partial charge in [-0.25, -0.2) is 4.39 Å². The molecule has 2 aromatic rings. The van der Waals surface area contributed by atoms with E-state index in [1.807, 2.05) is 0 Å². The van der Waals surface area contributed by atoms with Crippen molar-refractivity contribution < 1.29 is 14.3 Å². The molecular formula is C14H15ClFN3O2. The number of aliphatic hydroxyl groups is 1. The Kier molecular flexibility index (Phi) is 4.93. The summed E-state index contributed by atoms with van der Waals surface area (Å²) in [4.78, 5) is 11.9. The summed E-state index contributed by atoms with van der Waals surface area (Å²) in [7, 11) is 1.76. The normalized spacial score (nSPS) is 12.2. The van der Waals surface area contributed by atoms with Crippen LogP contribution in [0.15, 0.2) is 30.6 Å². The Morgan fingerprint density at radius 1 is 1.57 bits per heavy atom. The zero-order chi connectivity index (χ0) is 15.4. The standard InChI is InChI=1S/C14H15ClFN3O2/c1-19-7-9(6-17-19)4-14(21)18-13(8-20)10-2-3-11(15)12(16)5-10/h2-3,5-7,13,20H,4,8H2,1H3,(H,18,21). The van der Waals surface area contributed by atoms with Gasteiger partial charge in [-0.3, -0.25) is 9.48 Å². The van der Waals surface area contributed by atoms with Crippen molar-refractivity contribution >= 4 is 17.5 Å². The molecule has 0 saturated heterocycles. The van der Waals surface area contributed by atoms with Crippen molar-refractivity contribution in [1.29, 1.82) is 0 Å². The molecule has 0 bridgehead atoms. The molecule has 1 aromatic heterocycles. The van der Waals surface area contributed by atoms with E-state index >= 15 is 0 Å². The molecule has 0 radical (unpaired) electrons. The number of aryl methyl sites for hydroxylation is 1. The minimum absolute atomic E-state index is 0.00266. The van der Waals surface area contributed by atoms with Crippen molar-refractivity contribution in [3.8, 4) is 0 Å². The number of aliphatic hydroxyl groups excluding tert-OH is 1. The summed E-state index contributed by atoms with van der Waals surface area (Å²) in [5, 5.41) is 16.0. The van der Waals surface area contributed by atoms with E-state index < -0.39 is 11.9 Å². The summed E-state index contributed by atoms with van der Waals surface area (Å²) in [6.45, 7) is -0.333. The first kappa shape index (κ1) is 15.5. The third kappa shape index (κ3) is 4.03. The number of benzene rings is 1. The van der Waals surface area contributed by atoms with Crippen molar-refractivity contribution in [3.63, 3.8) is 0 Å². The van der Waals surface area contributed by atoms with E-state index in [1.165, 1.54) is 12.1 Å². The highest BCUT2D eigenvalue weighted by atomic mass is 35.5.